The largest absolute Gasteiger partial charge is 0.360 e. The predicted molar refractivity (Wildman–Crippen MR) is 77.0 cm³/mol. The van der Waals surface area contributed by atoms with Gasteiger partial charge in [0.25, 0.3) is 5.91 Å². The summed E-state index contributed by atoms with van der Waals surface area (Å²) in [4.78, 5) is 16.6. The number of nitrogens with zero attached hydrogens (tertiary/aromatic N) is 3. The van der Waals surface area contributed by atoms with Gasteiger partial charge in [-0.05, 0) is 19.3 Å². The van der Waals surface area contributed by atoms with Crippen LogP contribution in [0.3, 0.4) is 0 Å². The normalized spacial score (nSPS) is 17.5. The summed E-state index contributed by atoms with van der Waals surface area (Å²) < 4.78 is 7.34. The highest BCUT2D eigenvalue weighted by Crippen LogP contribution is 2.19. The van der Waals surface area contributed by atoms with Crippen LogP contribution in [0.4, 0.5) is 0 Å². The summed E-state index contributed by atoms with van der Waals surface area (Å²) in [5, 5.41) is 6.90. The second-order valence-corrected chi connectivity index (χ2v) is 5.53. The molecule has 1 amide bonds. The van der Waals surface area contributed by atoms with Crippen molar-refractivity contribution in [2.75, 3.05) is 6.54 Å². The number of carbonyl (C=O) groups excluding carboxylic acids is 1. The van der Waals surface area contributed by atoms with Gasteiger partial charge in [0.1, 0.15) is 17.1 Å². The standard InChI is InChI=1S/C15H20N4O2/c1-3-12-14(10(2)18-21-12)15(20)17-8-11-4-5-13-16-6-7-19(13)9-11/h6-7,11H,3-5,8-9H2,1-2H3,(H,17,20). The number of amides is 1. The zero-order valence-corrected chi connectivity index (χ0v) is 12.4. The van der Waals surface area contributed by atoms with E-state index in [1.165, 1.54) is 0 Å². The molecule has 2 aromatic rings. The van der Waals surface area contributed by atoms with Crippen molar-refractivity contribution in [1.29, 1.82) is 0 Å². The average Bonchev–Trinajstić information content (AvgIpc) is 3.10. The van der Waals surface area contributed by atoms with Crippen LogP contribution in [0, 0.1) is 12.8 Å². The van der Waals surface area contributed by atoms with Gasteiger partial charge >= 0.3 is 0 Å². The van der Waals surface area contributed by atoms with Crippen LogP contribution >= 0.6 is 0 Å². The Morgan fingerprint density at radius 2 is 2.43 bits per heavy atom. The van der Waals surface area contributed by atoms with Crippen molar-refractivity contribution < 1.29 is 9.32 Å². The maximum absolute atomic E-state index is 12.3. The lowest BCUT2D eigenvalue weighted by atomic mass is 9.99. The molecule has 0 aromatic carbocycles. The Balaban J connectivity index is 1.61. The quantitative estimate of drug-likeness (QED) is 0.930. The molecule has 1 unspecified atom stereocenters. The van der Waals surface area contributed by atoms with E-state index in [1.807, 2.05) is 19.3 Å². The number of hydrogen-bond donors (Lipinski definition) is 1. The van der Waals surface area contributed by atoms with E-state index >= 15 is 0 Å². The van der Waals surface area contributed by atoms with E-state index < -0.39 is 0 Å². The monoisotopic (exact) mass is 288 g/mol. The third-order valence-electron chi connectivity index (χ3n) is 4.07. The highest BCUT2D eigenvalue weighted by molar-refractivity contribution is 5.96. The summed E-state index contributed by atoms with van der Waals surface area (Å²) in [7, 11) is 0. The maximum Gasteiger partial charge on any atom is 0.256 e. The van der Waals surface area contributed by atoms with Gasteiger partial charge in [0.2, 0.25) is 0 Å². The first-order chi connectivity index (χ1) is 10.2. The van der Waals surface area contributed by atoms with Crippen molar-refractivity contribution in [3.63, 3.8) is 0 Å². The molecule has 6 heteroatoms. The number of nitrogens with one attached hydrogen (secondary N) is 1. The van der Waals surface area contributed by atoms with Gasteiger partial charge in [0, 0.05) is 38.3 Å². The first-order valence-corrected chi connectivity index (χ1v) is 7.42. The van der Waals surface area contributed by atoms with Crippen molar-refractivity contribution in [2.24, 2.45) is 5.92 Å². The third-order valence-corrected chi connectivity index (χ3v) is 4.07. The molecule has 1 atom stereocenters. The zero-order valence-electron chi connectivity index (χ0n) is 12.4. The molecule has 3 heterocycles. The Labute approximate surface area is 123 Å². The molecule has 1 aliphatic heterocycles. The lowest BCUT2D eigenvalue weighted by Gasteiger charge is -2.23. The summed E-state index contributed by atoms with van der Waals surface area (Å²) in [5.41, 5.74) is 1.25. The molecule has 0 saturated heterocycles. The molecule has 112 valence electrons. The number of aryl methyl sites for hydroxylation is 3. The number of hydrogen-bond acceptors (Lipinski definition) is 4. The van der Waals surface area contributed by atoms with Gasteiger partial charge < -0.3 is 14.4 Å². The lowest BCUT2D eigenvalue weighted by molar-refractivity contribution is 0.0941. The van der Waals surface area contributed by atoms with Gasteiger partial charge in [0.15, 0.2) is 0 Å². The van der Waals surface area contributed by atoms with Crippen molar-refractivity contribution in [3.8, 4) is 0 Å². The third kappa shape index (κ3) is 2.70. The van der Waals surface area contributed by atoms with Crippen LogP contribution in [0.5, 0.6) is 0 Å². The number of aromatic nitrogens is 3. The fourth-order valence-corrected chi connectivity index (χ4v) is 2.88. The maximum atomic E-state index is 12.3. The van der Waals surface area contributed by atoms with Gasteiger partial charge in [0.05, 0.1) is 5.69 Å². The summed E-state index contributed by atoms with van der Waals surface area (Å²) in [6, 6.07) is 0. The smallest absolute Gasteiger partial charge is 0.256 e. The molecular formula is C15H20N4O2. The minimum absolute atomic E-state index is 0.0815. The fraction of sp³-hybridized carbons (Fsp3) is 0.533. The van der Waals surface area contributed by atoms with Crippen LogP contribution in [-0.4, -0.2) is 27.2 Å². The lowest BCUT2D eigenvalue weighted by Crippen LogP contribution is -2.34. The highest BCUT2D eigenvalue weighted by Gasteiger charge is 2.22. The van der Waals surface area contributed by atoms with Crippen molar-refractivity contribution in [1.82, 2.24) is 20.0 Å². The fourth-order valence-electron chi connectivity index (χ4n) is 2.88. The number of fused-ring (bicyclic) bond motifs is 1. The second-order valence-electron chi connectivity index (χ2n) is 5.53. The number of imidazole rings is 1. The molecule has 0 radical (unpaired) electrons. The Morgan fingerprint density at radius 3 is 3.24 bits per heavy atom. The van der Waals surface area contributed by atoms with E-state index in [9.17, 15) is 4.79 Å². The summed E-state index contributed by atoms with van der Waals surface area (Å²) in [5.74, 6) is 2.16. The van der Waals surface area contributed by atoms with E-state index in [0.29, 0.717) is 35.9 Å². The van der Waals surface area contributed by atoms with Crippen molar-refractivity contribution in [2.45, 2.75) is 39.7 Å². The molecule has 0 bridgehead atoms. The van der Waals surface area contributed by atoms with Crippen LogP contribution < -0.4 is 5.32 Å². The minimum Gasteiger partial charge on any atom is -0.360 e. The molecule has 1 aliphatic rings. The van der Waals surface area contributed by atoms with Crippen LogP contribution in [0.15, 0.2) is 16.9 Å². The molecule has 6 nitrogen and oxygen atoms in total. The molecule has 0 aliphatic carbocycles. The zero-order chi connectivity index (χ0) is 14.8. The Hall–Kier alpha value is -2.11. The summed E-state index contributed by atoms with van der Waals surface area (Å²) >= 11 is 0. The number of rotatable bonds is 4. The summed E-state index contributed by atoms with van der Waals surface area (Å²) in [6.45, 7) is 5.34. The molecule has 21 heavy (non-hydrogen) atoms. The highest BCUT2D eigenvalue weighted by atomic mass is 16.5. The van der Waals surface area contributed by atoms with Crippen LogP contribution in [-0.2, 0) is 19.4 Å². The van der Waals surface area contributed by atoms with E-state index in [-0.39, 0.29) is 5.91 Å². The van der Waals surface area contributed by atoms with Gasteiger partial charge in [-0.15, -0.1) is 0 Å². The van der Waals surface area contributed by atoms with Crippen molar-refractivity contribution in [3.05, 3.63) is 35.2 Å². The van der Waals surface area contributed by atoms with Crippen LogP contribution in [0.25, 0.3) is 0 Å². The van der Waals surface area contributed by atoms with Crippen molar-refractivity contribution >= 4 is 5.91 Å². The Bertz CT molecular complexity index is 644. The molecule has 0 spiro atoms. The first-order valence-electron chi connectivity index (χ1n) is 7.42. The van der Waals surface area contributed by atoms with E-state index in [1.54, 1.807) is 6.92 Å². The van der Waals surface area contributed by atoms with Gasteiger partial charge in [-0.2, -0.15) is 0 Å². The van der Waals surface area contributed by atoms with E-state index in [0.717, 1.165) is 25.2 Å². The Kier molecular flexibility index (Phi) is 3.77. The van der Waals surface area contributed by atoms with Gasteiger partial charge in [-0.1, -0.05) is 12.1 Å². The number of carbonyl (C=O) groups is 1. The van der Waals surface area contributed by atoms with Crippen LogP contribution in [0.2, 0.25) is 0 Å². The average molecular weight is 288 g/mol. The Morgan fingerprint density at radius 1 is 1.57 bits per heavy atom. The predicted octanol–water partition coefficient (Wildman–Crippen LogP) is 1.73. The van der Waals surface area contributed by atoms with Gasteiger partial charge in [-0.3, -0.25) is 4.79 Å². The SMILES string of the molecule is CCc1onc(C)c1C(=O)NCC1CCc2nccn2C1. The summed E-state index contributed by atoms with van der Waals surface area (Å²) in [6.07, 6.45) is 6.54. The van der Waals surface area contributed by atoms with Crippen LogP contribution in [0.1, 0.15) is 41.0 Å². The molecule has 1 N–H and O–H groups in total. The molecule has 0 saturated carbocycles. The molecule has 0 fully saturated rings. The molecule has 2 aromatic heterocycles. The van der Waals surface area contributed by atoms with E-state index in [4.69, 9.17) is 4.52 Å². The minimum atomic E-state index is -0.0815. The molecular weight excluding hydrogens is 268 g/mol. The molecule has 3 rings (SSSR count). The second kappa shape index (κ2) is 5.71. The first kappa shape index (κ1) is 13.9. The van der Waals surface area contributed by atoms with E-state index in [2.05, 4.69) is 20.0 Å². The van der Waals surface area contributed by atoms with Gasteiger partial charge in [-0.25, -0.2) is 4.98 Å². The topological polar surface area (TPSA) is 73.0 Å².